The highest BCUT2D eigenvalue weighted by Crippen LogP contribution is 2.23. The summed E-state index contributed by atoms with van der Waals surface area (Å²) in [5.41, 5.74) is 1.45. The normalized spacial score (nSPS) is 23.9. The van der Waals surface area contributed by atoms with Gasteiger partial charge in [-0.2, -0.15) is 5.10 Å². The zero-order chi connectivity index (χ0) is 13.1. The highest BCUT2D eigenvalue weighted by atomic mass is 16.3. The van der Waals surface area contributed by atoms with Crippen LogP contribution < -0.4 is 5.32 Å². The number of rotatable bonds is 3. The average Bonchev–Trinajstić information content (AvgIpc) is 2.67. The molecule has 0 radical (unpaired) electrons. The molecular formula is C13H21N3O2. The molecule has 18 heavy (non-hydrogen) atoms. The van der Waals surface area contributed by atoms with Crippen LogP contribution in [0.2, 0.25) is 0 Å². The van der Waals surface area contributed by atoms with Crippen LogP contribution >= 0.6 is 0 Å². The smallest absolute Gasteiger partial charge is 0.269 e. The minimum Gasteiger partial charge on any atom is -0.393 e. The first-order valence-corrected chi connectivity index (χ1v) is 6.53. The van der Waals surface area contributed by atoms with Crippen molar-refractivity contribution in [3.8, 4) is 0 Å². The maximum absolute atomic E-state index is 12.0. The van der Waals surface area contributed by atoms with E-state index in [1.54, 1.807) is 17.8 Å². The number of aromatic nitrogens is 2. The lowest BCUT2D eigenvalue weighted by Gasteiger charge is -2.25. The van der Waals surface area contributed by atoms with Crippen LogP contribution in [0.1, 0.15) is 41.9 Å². The predicted octanol–water partition coefficient (Wildman–Crippen LogP) is 1.01. The van der Waals surface area contributed by atoms with Crippen LogP contribution in [0, 0.1) is 12.8 Å². The molecule has 2 rings (SSSR count). The fraction of sp³-hybridized carbons (Fsp3) is 0.692. The molecule has 1 amide bonds. The van der Waals surface area contributed by atoms with E-state index in [-0.39, 0.29) is 12.0 Å². The molecule has 1 heterocycles. The molecule has 2 N–H and O–H groups in total. The molecule has 1 saturated carbocycles. The van der Waals surface area contributed by atoms with Gasteiger partial charge in [0.15, 0.2) is 0 Å². The van der Waals surface area contributed by atoms with Crippen LogP contribution in [-0.4, -0.2) is 33.4 Å². The van der Waals surface area contributed by atoms with Crippen LogP contribution in [-0.2, 0) is 7.05 Å². The number of aliphatic hydroxyl groups is 1. The number of amides is 1. The lowest BCUT2D eigenvalue weighted by Crippen LogP contribution is -2.33. The van der Waals surface area contributed by atoms with E-state index in [4.69, 9.17) is 0 Å². The van der Waals surface area contributed by atoms with Crippen molar-refractivity contribution >= 4 is 5.91 Å². The van der Waals surface area contributed by atoms with E-state index in [1.807, 2.05) is 6.92 Å². The molecule has 5 nitrogen and oxygen atoms in total. The Morgan fingerprint density at radius 3 is 2.72 bits per heavy atom. The number of hydrogen-bond acceptors (Lipinski definition) is 3. The number of nitrogens with zero attached hydrogens (tertiary/aromatic N) is 2. The summed E-state index contributed by atoms with van der Waals surface area (Å²) < 4.78 is 1.61. The Hall–Kier alpha value is -1.36. The van der Waals surface area contributed by atoms with Crippen molar-refractivity contribution in [2.24, 2.45) is 13.0 Å². The first-order valence-electron chi connectivity index (χ1n) is 6.53. The molecule has 1 aromatic heterocycles. The number of aryl methyl sites for hydroxylation is 2. The van der Waals surface area contributed by atoms with E-state index < -0.39 is 0 Å². The van der Waals surface area contributed by atoms with Gasteiger partial charge in [-0.15, -0.1) is 0 Å². The quantitative estimate of drug-likeness (QED) is 0.842. The van der Waals surface area contributed by atoms with Gasteiger partial charge in [0, 0.05) is 13.6 Å². The van der Waals surface area contributed by atoms with Gasteiger partial charge in [0.1, 0.15) is 5.69 Å². The van der Waals surface area contributed by atoms with E-state index in [0.717, 1.165) is 31.4 Å². The van der Waals surface area contributed by atoms with Gasteiger partial charge >= 0.3 is 0 Å². The van der Waals surface area contributed by atoms with E-state index in [1.165, 1.54) is 0 Å². The van der Waals surface area contributed by atoms with E-state index in [9.17, 15) is 9.90 Å². The number of hydrogen-bond donors (Lipinski definition) is 2. The second-order valence-corrected chi connectivity index (χ2v) is 5.18. The minimum atomic E-state index is -0.142. The molecule has 0 atom stereocenters. The largest absolute Gasteiger partial charge is 0.393 e. The molecule has 0 bridgehead atoms. The Labute approximate surface area is 107 Å². The summed E-state index contributed by atoms with van der Waals surface area (Å²) in [6, 6.07) is 1.79. The number of carbonyl (C=O) groups is 1. The zero-order valence-electron chi connectivity index (χ0n) is 11.0. The van der Waals surface area contributed by atoms with Crippen LogP contribution in [0.15, 0.2) is 6.07 Å². The van der Waals surface area contributed by atoms with E-state index in [2.05, 4.69) is 10.4 Å². The monoisotopic (exact) mass is 251 g/mol. The minimum absolute atomic E-state index is 0.0655. The zero-order valence-corrected chi connectivity index (χ0v) is 11.0. The number of carbonyl (C=O) groups excluding carboxylic acids is 1. The second kappa shape index (κ2) is 5.52. The Kier molecular flexibility index (Phi) is 4.01. The maximum Gasteiger partial charge on any atom is 0.269 e. The summed E-state index contributed by atoms with van der Waals surface area (Å²) in [5.74, 6) is 0.427. The van der Waals surface area contributed by atoms with Gasteiger partial charge in [-0.05, 0) is 44.6 Å². The average molecular weight is 251 g/mol. The highest BCUT2D eigenvalue weighted by molar-refractivity contribution is 5.92. The fourth-order valence-corrected chi connectivity index (χ4v) is 2.50. The molecule has 0 spiro atoms. The molecule has 0 saturated heterocycles. The maximum atomic E-state index is 12.0. The first kappa shape index (κ1) is 13.1. The SMILES string of the molecule is Cc1cc(C(=O)NCC2CCC(O)CC2)n(C)n1. The van der Waals surface area contributed by atoms with Crippen LogP contribution in [0.5, 0.6) is 0 Å². The topological polar surface area (TPSA) is 67.2 Å². The molecule has 0 unspecified atom stereocenters. The predicted molar refractivity (Wildman–Crippen MR) is 68.2 cm³/mol. The third-order valence-corrected chi connectivity index (χ3v) is 3.60. The standard InChI is InChI=1S/C13H21N3O2/c1-9-7-12(16(2)15-9)13(18)14-8-10-3-5-11(17)6-4-10/h7,10-11,17H,3-6,8H2,1-2H3,(H,14,18). The third kappa shape index (κ3) is 3.10. The summed E-state index contributed by atoms with van der Waals surface area (Å²) >= 11 is 0. The molecule has 100 valence electrons. The van der Waals surface area contributed by atoms with Crippen molar-refractivity contribution in [1.82, 2.24) is 15.1 Å². The molecular weight excluding hydrogens is 230 g/mol. The van der Waals surface area contributed by atoms with Gasteiger partial charge in [0.2, 0.25) is 0 Å². The number of nitrogens with one attached hydrogen (secondary N) is 1. The summed E-state index contributed by atoms with van der Waals surface area (Å²) in [5, 5.41) is 16.5. The summed E-state index contributed by atoms with van der Waals surface area (Å²) in [6.07, 6.45) is 3.55. The van der Waals surface area contributed by atoms with Crippen molar-refractivity contribution < 1.29 is 9.90 Å². The Balaban J connectivity index is 1.83. The molecule has 0 aromatic carbocycles. The van der Waals surface area contributed by atoms with Crippen molar-refractivity contribution in [1.29, 1.82) is 0 Å². The van der Waals surface area contributed by atoms with E-state index >= 15 is 0 Å². The summed E-state index contributed by atoms with van der Waals surface area (Å²) in [6.45, 7) is 2.56. The Morgan fingerprint density at radius 2 is 2.17 bits per heavy atom. The molecule has 1 aliphatic rings. The molecule has 1 aliphatic carbocycles. The highest BCUT2D eigenvalue weighted by Gasteiger charge is 2.20. The molecule has 1 aromatic rings. The van der Waals surface area contributed by atoms with Crippen LogP contribution in [0.4, 0.5) is 0 Å². The van der Waals surface area contributed by atoms with Gasteiger partial charge in [0.25, 0.3) is 5.91 Å². The molecule has 5 heteroatoms. The lowest BCUT2D eigenvalue weighted by atomic mass is 9.87. The van der Waals surface area contributed by atoms with Crippen molar-refractivity contribution in [2.45, 2.75) is 38.7 Å². The van der Waals surface area contributed by atoms with Gasteiger partial charge in [0.05, 0.1) is 11.8 Å². The summed E-state index contributed by atoms with van der Waals surface area (Å²) in [7, 11) is 1.78. The Bertz CT molecular complexity index is 420. The van der Waals surface area contributed by atoms with Crippen molar-refractivity contribution in [2.75, 3.05) is 6.54 Å². The van der Waals surface area contributed by atoms with Gasteiger partial charge in [-0.1, -0.05) is 0 Å². The fourth-order valence-electron chi connectivity index (χ4n) is 2.50. The second-order valence-electron chi connectivity index (χ2n) is 5.18. The van der Waals surface area contributed by atoms with Crippen LogP contribution in [0.25, 0.3) is 0 Å². The van der Waals surface area contributed by atoms with Gasteiger partial charge in [-0.25, -0.2) is 0 Å². The lowest BCUT2D eigenvalue weighted by molar-refractivity contribution is 0.0902. The third-order valence-electron chi connectivity index (χ3n) is 3.60. The van der Waals surface area contributed by atoms with Gasteiger partial charge < -0.3 is 10.4 Å². The van der Waals surface area contributed by atoms with E-state index in [0.29, 0.717) is 18.2 Å². The van der Waals surface area contributed by atoms with Crippen LogP contribution in [0.3, 0.4) is 0 Å². The van der Waals surface area contributed by atoms with Gasteiger partial charge in [-0.3, -0.25) is 9.48 Å². The first-order chi connectivity index (χ1) is 8.56. The molecule has 1 fully saturated rings. The Morgan fingerprint density at radius 1 is 1.50 bits per heavy atom. The molecule has 0 aliphatic heterocycles. The van der Waals surface area contributed by atoms with Crippen molar-refractivity contribution in [3.63, 3.8) is 0 Å². The summed E-state index contributed by atoms with van der Waals surface area (Å²) in [4.78, 5) is 12.0. The van der Waals surface area contributed by atoms with Crippen molar-refractivity contribution in [3.05, 3.63) is 17.5 Å². The number of aliphatic hydroxyl groups excluding tert-OH is 1.